The minimum absolute atomic E-state index is 0.0647. The molecule has 0 atom stereocenters. The molecule has 1 fully saturated rings. The number of benzene rings is 2. The molecule has 4 nitrogen and oxygen atoms in total. The Labute approximate surface area is 177 Å². The van der Waals surface area contributed by atoms with Gasteiger partial charge in [-0.1, -0.05) is 42.5 Å². The summed E-state index contributed by atoms with van der Waals surface area (Å²) in [7, 11) is 0. The number of carbonyl (C=O) groups excluding carboxylic acids is 1. The number of fused-ring (bicyclic) bond motifs is 2. The maximum absolute atomic E-state index is 13.0. The molecule has 0 aromatic heterocycles. The SMILES string of the molecule is Cc1ccc2c(c1/C=C/CC1CCNCC1)O/C(=C\C1=NCc3ccccc31)C2=O. The number of aliphatic imine (C=N–C) groups is 1. The lowest BCUT2D eigenvalue weighted by Gasteiger charge is -2.21. The van der Waals surface area contributed by atoms with Crippen molar-refractivity contribution < 1.29 is 9.53 Å². The second-order valence-corrected chi connectivity index (χ2v) is 8.30. The van der Waals surface area contributed by atoms with Crippen molar-refractivity contribution in [2.75, 3.05) is 13.1 Å². The summed E-state index contributed by atoms with van der Waals surface area (Å²) in [4.78, 5) is 17.6. The fraction of sp³-hybridized carbons (Fsp3) is 0.308. The lowest BCUT2D eigenvalue weighted by molar-refractivity contribution is 0.101. The fourth-order valence-electron chi connectivity index (χ4n) is 4.48. The average molecular weight is 399 g/mol. The molecule has 3 heterocycles. The smallest absolute Gasteiger partial charge is 0.232 e. The van der Waals surface area contributed by atoms with Gasteiger partial charge in [-0.2, -0.15) is 0 Å². The quantitative estimate of drug-likeness (QED) is 0.749. The van der Waals surface area contributed by atoms with E-state index >= 15 is 0 Å². The highest BCUT2D eigenvalue weighted by molar-refractivity contribution is 6.19. The van der Waals surface area contributed by atoms with E-state index in [-0.39, 0.29) is 5.78 Å². The first kappa shape index (κ1) is 19.0. The van der Waals surface area contributed by atoms with Crippen molar-refractivity contribution in [2.24, 2.45) is 10.9 Å². The Hall–Kier alpha value is -2.98. The average Bonchev–Trinajstić information content (AvgIpc) is 3.32. The number of hydrogen-bond donors (Lipinski definition) is 1. The monoisotopic (exact) mass is 398 g/mol. The van der Waals surface area contributed by atoms with Crippen LogP contribution in [-0.4, -0.2) is 24.6 Å². The highest BCUT2D eigenvalue weighted by atomic mass is 16.5. The molecular formula is C26H26N2O2. The van der Waals surface area contributed by atoms with Gasteiger partial charge in [-0.05, 0) is 62.4 Å². The molecule has 4 heteroatoms. The number of Topliss-reactive ketones (excluding diaryl/α,β-unsaturated/α-hetero) is 1. The van der Waals surface area contributed by atoms with Crippen LogP contribution in [0.4, 0.5) is 0 Å². The van der Waals surface area contributed by atoms with E-state index in [9.17, 15) is 4.79 Å². The molecule has 0 radical (unpaired) electrons. The third-order valence-corrected chi connectivity index (χ3v) is 6.29. The number of nitrogens with one attached hydrogen (secondary N) is 1. The first-order chi connectivity index (χ1) is 14.7. The lowest BCUT2D eigenvalue weighted by atomic mass is 9.93. The normalized spacial score (nSPS) is 19.8. The third-order valence-electron chi connectivity index (χ3n) is 6.29. The van der Waals surface area contributed by atoms with E-state index < -0.39 is 0 Å². The number of ether oxygens (including phenoxy) is 1. The topological polar surface area (TPSA) is 50.7 Å². The van der Waals surface area contributed by atoms with Gasteiger partial charge >= 0.3 is 0 Å². The van der Waals surface area contributed by atoms with Gasteiger partial charge in [0, 0.05) is 17.2 Å². The maximum atomic E-state index is 13.0. The van der Waals surface area contributed by atoms with Crippen molar-refractivity contribution in [2.45, 2.75) is 32.7 Å². The molecule has 3 aliphatic heterocycles. The van der Waals surface area contributed by atoms with Crippen LogP contribution < -0.4 is 10.1 Å². The van der Waals surface area contributed by atoms with Crippen LogP contribution in [0.15, 0.2) is 59.3 Å². The lowest BCUT2D eigenvalue weighted by Crippen LogP contribution is -2.27. The first-order valence-electron chi connectivity index (χ1n) is 10.8. The van der Waals surface area contributed by atoms with Gasteiger partial charge in [0.25, 0.3) is 0 Å². The van der Waals surface area contributed by atoms with Crippen LogP contribution in [0.25, 0.3) is 6.08 Å². The zero-order chi connectivity index (χ0) is 20.5. The predicted octanol–water partition coefficient (Wildman–Crippen LogP) is 4.86. The number of aryl methyl sites for hydroxylation is 1. The third kappa shape index (κ3) is 3.52. The predicted molar refractivity (Wildman–Crippen MR) is 120 cm³/mol. The Bertz CT molecular complexity index is 1090. The van der Waals surface area contributed by atoms with Crippen LogP contribution in [0.1, 0.15) is 51.9 Å². The molecule has 2 aromatic carbocycles. The molecular weight excluding hydrogens is 372 g/mol. The number of hydrogen-bond acceptors (Lipinski definition) is 4. The molecule has 3 aliphatic rings. The van der Waals surface area contributed by atoms with Crippen molar-refractivity contribution in [3.63, 3.8) is 0 Å². The van der Waals surface area contributed by atoms with E-state index in [0.29, 0.717) is 23.6 Å². The molecule has 0 saturated carbocycles. The van der Waals surface area contributed by atoms with E-state index in [4.69, 9.17) is 4.74 Å². The van der Waals surface area contributed by atoms with Crippen molar-refractivity contribution in [3.05, 3.63) is 82.1 Å². The Kier molecular flexibility index (Phi) is 5.09. The molecule has 1 saturated heterocycles. The molecule has 0 unspecified atom stereocenters. The van der Waals surface area contributed by atoms with Crippen LogP contribution >= 0.6 is 0 Å². The highest BCUT2D eigenvalue weighted by Crippen LogP contribution is 2.37. The van der Waals surface area contributed by atoms with E-state index in [1.165, 1.54) is 18.4 Å². The zero-order valence-electron chi connectivity index (χ0n) is 17.3. The minimum atomic E-state index is -0.0647. The van der Waals surface area contributed by atoms with Crippen LogP contribution in [0.3, 0.4) is 0 Å². The van der Waals surface area contributed by atoms with Crippen molar-refractivity contribution in [1.82, 2.24) is 5.32 Å². The van der Waals surface area contributed by atoms with Gasteiger partial charge in [0.2, 0.25) is 5.78 Å². The Balaban J connectivity index is 1.40. The molecule has 152 valence electrons. The first-order valence-corrected chi connectivity index (χ1v) is 10.8. The molecule has 5 rings (SSSR count). The summed E-state index contributed by atoms with van der Waals surface area (Å²) < 4.78 is 6.12. The second kappa shape index (κ2) is 8.04. The van der Waals surface area contributed by atoms with E-state index in [1.807, 2.05) is 30.3 Å². The second-order valence-electron chi connectivity index (χ2n) is 8.30. The number of piperidine rings is 1. The van der Waals surface area contributed by atoms with Crippen LogP contribution in [-0.2, 0) is 6.54 Å². The van der Waals surface area contributed by atoms with E-state index in [0.717, 1.165) is 47.8 Å². The van der Waals surface area contributed by atoms with Crippen LogP contribution in [0.2, 0.25) is 0 Å². The summed E-state index contributed by atoms with van der Waals surface area (Å²) in [5.41, 5.74) is 5.85. The number of carbonyl (C=O) groups is 1. The van der Waals surface area contributed by atoms with Gasteiger partial charge in [-0.15, -0.1) is 0 Å². The molecule has 0 bridgehead atoms. The molecule has 0 amide bonds. The summed E-state index contributed by atoms with van der Waals surface area (Å²) >= 11 is 0. The Morgan fingerprint density at radius 1 is 1.13 bits per heavy atom. The summed E-state index contributed by atoms with van der Waals surface area (Å²) in [6.07, 6.45) is 9.69. The molecule has 0 aliphatic carbocycles. The summed E-state index contributed by atoms with van der Waals surface area (Å²) in [6, 6.07) is 12.0. The maximum Gasteiger partial charge on any atom is 0.232 e. The van der Waals surface area contributed by atoms with E-state index in [1.54, 1.807) is 6.08 Å². The summed E-state index contributed by atoms with van der Waals surface area (Å²) in [5.74, 6) is 1.71. The number of nitrogens with zero attached hydrogens (tertiary/aromatic N) is 1. The molecule has 2 aromatic rings. The van der Waals surface area contributed by atoms with Gasteiger partial charge in [-0.25, -0.2) is 0 Å². The number of ketones is 1. The van der Waals surface area contributed by atoms with Gasteiger partial charge in [0.05, 0.1) is 17.8 Å². The minimum Gasteiger partial charge on any atom is -0.452 e. The standard InChI is InChI=1S/C26H26N2O2/c1-17-9-10-22-25(29)24(15-23-21-7-3-2-6-19(21)16-28-23)30-26(22)20(17)8-4-5-18-11-13-27-14-12-18/h2-4,6-10,15,18,27H,5,11-14,16H2,1H3/b8-4+,24-15-. The fourth-order valence-corrected chi connectivity index (χ4v) is 4.48. The Morgan fingerprint density at radius 3 is 2.83 bits per heavy atom. The van der Waals surface area contributed by atoms with Crippen molar-refractivity contribution >= 4 is 17.6 Å². The zero-order valence-corrected chi connectivity index (χ0v) is 17.3. The summed E-state index contributed by atoms with van der Waals surface area (Å²) in [5, 5.41) is 3.41. The van der Waals surface area contributed by atoms with Crippen molar-refractivity contribution in [3.8, 4) is 5.75 Å². The van der Waals surface area contributed by atoms with Crippen LogP contribution in [0.5, 0.6) is 5.75 Å². The van der Waals surface area contributed by atoms with Gasteiger partial charge < -0.3 is 10.1 Å². The largest absolute Gasteiger partial charge is 0.452 e. The molecule has 0 spiro atoms. The molecule has 30 heavy (non-hydrogen) atoms. The van der Waals surface area contributed by atoms with Gasteiger partial charge in [-0.3, -0.25) is 9.79 Å². The van der Waals surface area contributed by atoms with E-state index in [2.05, 4.69) is 35.5 Å². The van der Waals surface area contributed by atoms with Crippen LogP contribution in [0, 0.1) is 12.8 Å². The van der Waals surface area contributed by atoms with Gasteiger partial charge in [0.15, 0.2) is 5.76 Å². The number of allylic oxidation sites excluding steroid dienone is 3. The van der Waals surface area contributed by atoms with Crippen molar-refractivity contribution in [1.29, 1.82) is 0 Å². The Morgan fingerprint density at radius 2 is 1.97 bits per heavy atom. The number of rotatable bonds is 4. The molecule has 1 N–H and O–H groups in total. The summed E-state index contributed by atoms with van der Waals surface area (Å²) in [6.45, 7) is 4.94. The van der Waals surface area contributed by atoms with Gasteiger partial charge in [0.1, 0.15) is 5.75 Å². The highest BCUT2D eigenvalue weighted by Gasteiger charge is 2.30.